The summed E-state index contributed by atoms with van der Waals surface area (Å²) in [6, 6.07) is 0.166. The lowest BCUT2D eigenvalue weighted by Crippen LogP contribution is -2.47. The van der Waals surface area contributed by atoms with Crippen LogP contribution in [0.2, 0.25) is 0 Å². The third-order valence-corrected chi connectivity index (χ3v) is 3.14. The zero-order valence-corrected chi connectivity index (χ0v) is 10.1. The van der Waals surface area contributed by atoms with E-state index in [0.717, 1.165) is 13.0 Å². The van der Waals surface area contributed by atoms with E-state index >= 15 is 0 Å². The van der Waals surface area contributed by atoms with E-state index < -0.39 is 11.9 Å². The molecular formula is C12H21NO3. The van der Waals surface area contributed by atoms with E-state index in [1.54, 1.807) is 0 Å². The van der Waals surface area contributed by atoms with Gasteiger partial charge in [-0.2, -0.15) is 0 Å². The van der Waals surface area contributed by atoms with E-state index in [1.807, 2.05) is 13.0 Å². The summed E-state index contributed by atoms with van der Waals surface area (Å²) in [5.41, 5.74) is 0. The Morgan fingerprint density at radius 1 is 1.69 bits per heavy atom. The number of hydrogen-bond donors (Lipinski definition) is 1. The molecule has 1 saturated heterocycles. The molecule has 1 aliphatic rings. The molecule has 0 saturated carbocycles. The molecule has 0 aromatic carbocycles. The van der Waals surface area contributed by atoms with Crippen LogP contribution in [0.4, 0.5) is 0 Å². The lowest BCUT2D eigenvalue weighted by molar-refractivity contribution is -0.143. The number of ether oxygens (including phenoxy) is 1. The third kappa shape index (κ3) is 2.83. The monoisotopic (exact) mass is 227 g/mol. The van der Waals surface area contributed by atoms with Gasteiger partial charge in [0.1, 0.15) is 0 Å². The van der Waals surface area contributed by atoms with Gasteiger partial charge in [-0.15, -0.1) is 6.58 Å². The van der Waals surface area contributed by atoms with Crippen molar-refractivity contribution in [3.8, 4) is 0 Å². The fourth-order valence-electron chi connectivity index (χ4n) is 2.17. The minimum atomic E-state index is -0.764. The number of nitrogens with zero attached hydrogens (tertiary/aromatic N) is 1. The second-order valence-corrected chi connectivity index (χ2v) is 4.26. The van der Waals surface area contributed by atoms with Gasteiger partial charge in [0.05, 0.1) is 19.1 Å². The molecule has 1 rings (SSSR count). The number of carboxylic acids is 1. The van der Waals surface area contributed by atoms with Crippen molar-refractivity contribution in [2.24, 2.45) is 5.92 Å². The predicted octanol–water partition coefficient (Wildman–Crippen LogP) is 1.37. The van der Waals surface area contributed by atoms with Crippen LogP contribution in [0.1, 0.15) is 20.3 Å². The number of carboxylic acid groups (broad SMARTS) is 1. The van der Waals surface area contributed by atoms with Crippen molar-refractivity contribution in [1.29, 1.82) is 0 Å². The predicted molar refractivity (Wildman–Crippen MR) is 62.4 cm³/mol. The molecule has 0 amide bonds. The molecule has 3 atom stereocenters. The second-order valence-electron chi connectivity index (χ2n) is 4.26. The van der Waals surface area contributed by atoms with E-state index in [9.17, 15) is 4.79 Å². The van der Waals surface area contributed by atoms with Crippen LogP contribution in [-0.2, 0) is 9.53 Å². The SMILES string of the molecule is C=CC(C)N(CCC)C1COCC1C(=O)O. The number of aliphatic carboxylic acids is 1. The summed E-state index contributed by atoms with van der Waals surface area (Å²) < 4.78 is 5.30. The second kappa shape index (κ2) is 6.01. The normalized spacial score (nSPS) is 26.9. The van der Waals surface area contributed by atoms with Crippen molar-refractivity contribution in [2.75, 3.05) is 19.8 Å². The maximum Gasteiger partial charge on any atom is 0.310 e. The molecule has 1 fully saturated rings. The smallest absolute Gasteiger partial charge is 0.310 e. The largest absolute Gasteiger partial charge is 0.481 e. The molecule has 92 valence electrons. The Bertz CT molecular complexity index is 255. The Balaban J connectivity index is 2.76. The number of rotatable bonds is 6. The molecule has 0 bridgehead atoms. The fraction of sp³-hybridized carbons (Fsp3) is 0.750. The number of hydrogen-bond acceptors (Lipinski definition) is 3. The van der Waals surface area contributed by atoms with E-state index in [2.05, 4.69) is 18.4 Å². The average Bonchev–Trinajstić information content (AvgIpc) is 2.73. The van der Waals surface area contributed by atoms with Gasteiger partial charge in [0.15, 0.2) is 0 Å². The van der Waals surface area contributed by atoms with Crippen LogP contribution in [0.5, 0.6) is 0 Å². The van der Waals surface area contributed by atoms with Gasteiger partial charge in [0, 0.05) is 12.1 Å². The first-order valence-electron chi connectivity index (χ1n) is 5.80. The molecule has 1 heterocycles. The summed E-state index contributed by atoms with van der Waals surface area (Å²) >= 11 is 0. The van der Waals surface area contributed by atoms with Gasteiger partial charge in [-0.1, -0.05) is 13.0 Å². The van der Waals surface area contributed by atoms with Crippen LogP contribution >= 0.6 is 0 Å². The van der Waals surface area contributed by atoms with Crippen LogP contribution in [0.3, 0.4) is 0 Å². The summed E-state index contributed by atoms with van der Waals surface area (Å²) in [5.74, 6) is -1.17. The fourth-order valence-corrected chi connectivity index (χ4v) is 2.17. The van der Waals surface area contributed by atoms with Crippen molar-refractivity contribution in [3.05, 3.63) is 12.7 Å². The molecule has 4 heteroatoms. The highest BCUT2D eigenvalue weighted by Gasteiger charge is 2.38. The summed E-state index contributed by atoms with van der Waals surface area (Å²) in [4.78, 5) is 13.3. The molecule has 0 aromatic rings. The van der Waals surface area contributed by atoms with E-state index in [0.29, 0.717) is 13.2 Å². The average molecular weight is 227 g/mol. The molecule has 16 heavy (non-hydrogen) atoms. The summed E-state index contributed by atoms with van der Waals surface area (Å²) in [7, 11) is 0. The highest BCUT2D eigenvalue weighted by atomic mass is 16.5. The van der Waals surface area contributed by atoms with Gasteiger partial charge < -0.3 is 9.84 Å². The van der Waals surface area contributed by atoms with E-state index in [1.165, 1.54) is 0 Å². The van der Waals surface area contributed by atoms with Gasteiger partial charge in [0.2, 0.25) is 0 Å². The molecule has 0 spiro atoms. The third-order valence-electron chi connectivity index (χ3n) is 3.14. The maximum absolute atomic E-state index is 11.1. The van der Waals surface area contributed by atoms with Gasteiger partial charge in [-0.05, 0) is 19.9 Å². The topological polar surface area (TPSA) is 49.8 Å². The first-order chi connectivity index (χ1) is 7.61. The zero-order valence-electron chi connectivity index (χ0n) is 10.1. The van der Waals surface area contributed by atoms with Crippen molar-refractivity contribution >= 4 is 5.97 Å². The van der Waals surface area contributed by atoms with Crippen LogP contribution in [0.25, 0.3) is 0 Å². The minimum Gasteiger partial charge on any atom is -0.481 e. The van der Waals surface area contributed by atoms with Gasteiger partial charge in [-0.25, -0.2) is 0 Å². The first-order valence-corrected chi connectivity index (χ1v) is 5.80. The molecule has 0 aliphatic carbocycles. The molecular weight excluding hydrogens is 206 g/mol. The zero-order chi connectivity index (χ0) is 12.1. The Morgan fingerprint density at radius 3 is 2.88 bits per heavy atom. The highest BCUT2D eigenvalue weighted by Crippen LogP contribution is 2.22. The Labute approximate surface area is 96.9 Å². The minimum absolute atomic E-state index is 0.0227. The highest BCUT2D eigenvalue weighted by molar-refractivity contribution is 5.71. The molecule has 0 aromatic heterocycles. The van der Waals surface area contributed by atoms with Gasteiger partial charge in [0.25, 0.3) is 0 Å². The molecule has 1 aliphatic heterocycles. The van der Waals surface area contributed by atoms with E-state index in [-0.39, 0.29) is 12.1 Å². The maximum atomic E-state index is 11.1. The van der Waals surface area contributed by atoms with Crippen molar-refractivity contribution < 1.29 is 14.6 Å². The van der Waals surface area contributed by atoms with Crippen molar-refractivity contribution in [2.45, 2.75) is 32.4 Å². The van der Waals surface area contributed by atoms with Crippen molar-refractivity contribution in [3.63, 3.8) is 0 Å². The summed E-state index contributed by atoms with van der Waals surface area (Å²) in [5, 5.41) is 9.12. The van der Waals surface area contributed by atoms with Crippen molar-refractivity contribution in [1.82, 2.24) is 4.90 Å². The van der Waals surface area contributed by atoms with Gasteiger partial charge >= 0.3 is 5.97 Å². The molecule has 4 nitrogen and oxygen atoms in total. The Kier molecular flexibility index (Phi) is 4.96. The van der Waals surface area contributed by atoms with Crippen LogP contribution in [0.15, 0.2) is 12.7 Å². The van der Waals surface area contributed by atoms with E-state index in [4.69, 9.17) is 9.84 Å². The van der Waals surface area contributed by atoms with Gasteiger partial charge in [-0.3, -0.25) is 9.69 Å². The summed E-state index contributed by atoms with van der Waals surface area (Å²) in [6.45, 7) is 9.62. The van der Waals surface area contributed by atoms with Crippen LogP contribution in [0, 0.1) is 5.92 Å². The number of carbonyl (C=O) groups is 1. The molecule has 0 radical (unpaired) electrons. The Morgan fingerprint density at radius 2 is 2.38 bits per heavy atom. The Hall–Kier alpha value is -0.870. The lowest BCUT2D eigenvalue weighted by atomic mass is 10.0. The quantitative estimate of drug-likeness (QED) is 0.696. The standard InChI is InChI=1S/C12H21NO3/c1-4-6-13(9(3)5-2)11-8-16-7-10(11)12(14)15/h5,9-11H,2,4,6-8H2,1,3H3,(H,14,15). The summed E-state index contributed by atoms with van der Waals surface area (Å²) in [6.07, 6.45) is 2.86. The molecule has 3 unspecified atom stereocenters. The lowest BCUT2D eigenvalue weighted by Gasteiger charge is -2.33. The first kappa shape index (κ1) is 13.2. The van der Waals surface area contributed by atoms with Crippen LogP contribution < -0.4 is 0 Å². The van der Waals surface area contributed by atoms with Crippen LogP contribution in [-0.4, -0.2) is 47.8 Å². The molecule has 1 N–H and O–H groups in total.